The summed E-state index contributed by atoms with van der Waals surface area (Å²) >= 11 is 6.27. The SMILES string of the molecule is CNC(=O)c1cc(C#N)cc(C)c1NC(=O)Cc1cc(Cn2nnnc2C(F)(F)F)nn1-c1ncccc1Cl. The van der Waals surface area contributed by atoms with E-state index in [4.69, 9.17) is 11.6 Å². The Kier molecular flexibility index (Phi) is 7.58. The van der Waals surface area contributed by atoms with Gasteiger partial charge in [0.15, 0.2) is 5.82 Å². The van der Waals surface area contributed by atoms with E-state index in [9.17, 15) is 28.0 Å². The zero-order valence-corrected chi connectivity index (χ0v) is 21.0. The Morgan fingerprint density at radius 1 is 1.23 bits per heavy atom. The zero-order chi connectivity index (χ0) is 28.3. The fraction of sp³-hybridized carbons (Fsp3) is 0.217. The predicted octanol–water partition coefficient (Wildman–Crippen LogP) is 2.70. The van der Waals surface area contributed by atoms with E-state index >= 15 is 0 Å². The number of benzene rings is 1. The van der Waals surface area contributed by atoms with Crippen LogP contribution in [0, 0.1) is 18.3 Å². The highest BCUT2D eigenvalue weighted by atomic mass is 35.5. The molecule has 0 unspecified atom stereocenters. The number of halogens is 4. The van der Waals surface area contributed by atoms with Gasteiger partial charge in [-0.05, 0) is 53.2 Å². The van der Waals surface area contributed by atoms with Gasteiger partial charge in [0.1, 0.15) is 0 Å². The van der Waals surface area contributed by atoms with Gasteiger partial charge >= 0.3 is 6.18 Å². The first-order chi connectivity index (χ1) is 18.5. The Morgan fingerprint density at radius 2 is 2.00 bits per heavy atom. The Morgan fingerprint density at radius 3 is 2.67 bits per heavy atom. The van der Waals surface area contributed by atoms with Crippen molar-refractivity contribution in [2.45, 2.75) is 26.1 Å². The Hall–Kier alpha value is -4.84. The van der Waals surface area contributed by atoms with Crippen molar-refractivity contribution in [1.29, 1.82) is 5.26 Å². The molecule has 4 aromatic rings. The third-order valence-corrected chi connectivity index (χ3v) is 5.71. The van der Waals surface area contributed by atoms with Gasteiger partial charge in [-0.15, -0.1) is 5.10 Å². The molecule has 1 aromatic carbocycles. The molecule has 3 heterocycles. The summed E-state index contributed by atoms with van der Waals surface area (Å²) in [5, 5.41) is 28.4. The number of tetrazole rings is 1. The lowest BCUT2D eigenvalue weighted by Gasteiger charge is -2.14. The van der Waals surface area contributed by atoms with Crippen LogP contribution in [0.1, 0.15) is 38.7 Å². The van der Waals surface area contributed by atoms with Crippen LogP contribution in [0.2, 0.25) is 5.02 Å². The van der Waals surface area contributed by atoms with Gasteiger partial charge in [0.05, 0.1) is 52.3 Å². The quantitative estimate of drug-likeness (QED) is 0.350. The molecule has 16 heteroatoms. The second-order valence-corrected chi connectivity index (χ2v) is 8.54. The second-order valence-electron chi connectivity index (χ2n) is 8.14. The molecule has 39 heavy (non-hydrogen) atoms. The molecule has 0 radical (unpaired) electrons. The normalized spacial score (nSPS) is 11.2. The van der Waals surface area contributed by atoms with E-state index in [1.165, 1.54) is 42.2 Å². The third kappa shape index (κ3) is 5.85. The minimum Gasteiger partial charge on any atom is -0.355 e. The number of carbonyl (C=O) groups is 2. The number of hydrogen-bond donors (Lipinski definition) is 2. The maximum absolute atomic E-state index is 13.2. The first-order valence-electron chi connectivity index (χ1n) is 11.1. The summed E-state index contributed by atoms with van der Waals surface area (Å²) in [5.74, 6) is -2.27. The summed E-state index contributed by atoms with van der Waals surface area (Å²) in [4.78, 5) is 29.7. The van der Waals surface area contributed by atoms with Crippen molar-refractivity contribution in [1.82, 2.24) is 40.3 Å². The van der Waals surface area contributed by atoms with Crippen molar-refractivity contribution >= 4 is 29.1 Å². The average molecular weight is 559 g/mol. The van der Waals surface area contributed by atoms with Crippen molar-refractivity contribution in [3.63, 3.8) is 0 Å². The van der Waals surface area contributed by atoms with Crippen LogP contribution < -0.4 is 10.6 Å². The van der Waals surface area contributed by atoms with E-state index in [0.29, 0.717) is 10.2 Å². The molecule has 12 nitrogen and oxygen atoms in total. The fourth-order valence-corrected chi connectivity index (χ4v) is 3.94. The topological polar surface area (TPSA) is 156 Å². The Labute approximate surface area is 223 Å². The lowest BCUT2D eigenvalue weighted by Crippen LogP contribution is -2.23. The third-order valence-electron chi connectivity index (χ3n) is 5.41. The molecule has 0 spiro atoms. The minimum absolute atomic E-state index is 0.0859. The molecule has 3 aromatic heterocycles. The van der Waals surface area contributed by atoms with Crippen LogP contribution in [0.5, 0.6) is 0 Å². The van der Waals surface area contributed by atoms with E-state index in [0.717, 1.165) is 0 Å². The molecule has 0 aliphatic carbocycles. The highest BCUT2D eigenvalue weighted by Crippen LogP contribution is 2.28. The monoisotopic (exact) mass is 558 g/mol. The number of rotatable bonds is 7. The fourth-order valence-electron chi connectivity index (χ4n) is 3.74. The highest BCUT2D eigenvalue weighted by Gasteiger charge is 2.38. The average Bonchev–Trinajstić information content (AvgIpc) is 3.52. The summed E-state index contributed by atoms with van der Waals surface area (Å²) in [7, 11) is 1.41. The Balaban J connectivity index is 1.69. The number of aromatic nitrogens is 7. The predicted molar refractivity (Wildman–Crippen MR) is 130 cm³/mol. The van der Waals surface area contributed by atoms with Gasteiger partial charge in [-0.3, -0.25) is 9.59 Å². The van der Waals surface area contributed by atoms with E-state index in [-0.39, 0.29) is 45.5 Å². The summed E-state index contributed by atoms with van der Waals surface area (Å²) in [6, 6.07) is 9.34. The molecule has 0 bridgehead atoms. The highest BCUT2D eigenvalue weighted by molar-refractivity contribution is 6.32. The van der Waals surface area contributed by atoms with Gasteiger partial charge in [0, 0.05) is 13.2 Å². The number of nitrogens with one attached hydrogen (secondary N) is 2. The zero-order valence-electron chi connectivity index (χ0n) is 20.3. The largest absolute Gasteiger partial charge is 0.453 e. The first kappa shape index (κ1) is 27.2. The van der Waals surface area contributed by atoms with Crippen LogP contribution in [-0.2, 0) is 23.9 Å². The van der Waals surface area contributed by atoms with Crippen LogP contribution in [0.3, 0.4) is 0 Å². The molecule has 4 rings (SSSR count). The summed E-state index contributed by atoms with van der Waals surface area (Å²) in [6.45, 7) is 1.17. The van der Waals surface area contributed by atoms with E-state index in [1.54, 1.807) is 13.0 Å². The number of aryl methyl sites for hydroxylation is 1. The molecule has 0 aliphatic rings. The molecule has 0 atom stereocenters. The van der Waals surface area contributed by atoms with Crippen LogP contribution in [0.15, 0.2) is 36.5 Å². The Bertz CT molecular complexity index is 1610. The molecule has 2 amide bonds. The van der Waals surface area contributed by atoms with Gasteiger partial charge in [0.2, 0.25) is 5.91 Å². The molecular formula is C23H18ClF3N10O2. The van der Waals surface area contributed by atoms with Crippen molar-refractivity contribution in [2.24, 2.45) is 0 Å². The first-order valence-corrected chi connectivity index (χ1v) is 11.5. The maximum atomic E-state index is 13.2. The number of carbonyl (C=O) groups excluding carboxylic acids is 2. The maximum Gasteiger partial charge on any atom is 0.453 e. The van der Waals surface area contributed by atoms with E-state index in [1.807, 2.05) is 6.07 Å². The smallest absolute Gasteiger partial charge is 0.355 e. The number of alkyl halides is 3. The van der Waals surface area contributed by atoms with Crippen molar-refractivity contribution in [3.05, 3.63) is 75.5 Å². The summed E-state index contributed by atoms with van der Waals surface area (Å²) in [6.07, 6.45) is -3.68. The second kappa shape index (κ2) is 10.9. The molecule has 0 aliphatic heterocycles. The summed E-state index contributed by atoms with van der Waals surface area (Å²) < 4.78 is 41.5. The van der Waals surface area contributed by atoms with Crippen molar-refractivity contribution in [3.8, 4) is 11.9 Å². The lowest BCUT2D eigenvalue weighted by molar-refractivity contribution is -0.147. The molecule has 0 saturated carbocycles. The van der Waals surface area contributed by atoms with Crippen LogP contribution in [0.4, 0.5) is 18.9 Å². The standard InChI is InChI=1S/C23H18ClF3N10O2/c1-12-6-13(10-28)7-16(21(39)29-2)19(12)31-18(38)9-15-8-14(11-36-22(23(25,26)27)32-34-35-36)33-37(15)20-17(24)4-3-5-30-20/h3-8H,9,11H2,1-2H3,(H,29,39)(H,31,38). The van der Waals surface area contributed by atoms with Crippen LogP contribution in [-0.4, -0.2) is 53.8 Å². The van der Waals surface area contributed by atoms with Crippen LogP contribution in [0.25, 0.3) is 5.82 Å². The summed E-state index contributed by atoms with van der Waals surface area (Å²) in [5.41, 5.74) is 1.32. The van der Waals surface area contributed by atoms with Gasteiger partial charge in [-0.25, -0.2) is 14.3 Å². The number of pyridine rings is 1. The molecular weight excluding hydrogens is 541 g/mol. The van der Waals surface area contributed by atoms with Gasteiger partial charge in [-0.1, -0.05) is 11.6 Å². The van der Waals surface area contributed by atoms with Gasteiger partial charge in [-0.2, -0.15) is 23.5 Å². The molecule has 0 fully saturated rings. The molecule has 2 N–H and O–H groups in total. The molecule has 200 valence electrons. The van der Waals surface area contributed by atoms with Gasteiger partial charge < -0.3 is 10.6 Å². The number of anilines is 1. The number of nitrogens with zero attached hydrogens (tertiary/aromatic N) is 8. The van der Waals surface area contributed by atoms with Crippen LogP contribution >= 0.6 is 11.6 Å². The molecule has 0 saturated heterocycles. The number of nitriles is 1. The lowest BCUT2D eigenvalue weighted by atomic mass is 10.0. The van der Waals surface area contributed by atoms with E-state index < -0.39 is 30.4 Å². The van der Waals surface area contributed by atoms with Crippen molar-refractivity contribution in [2.75, 3.05) is 12.4 Å². The minimum atomic E-state index is -4.79. The number of hydrogen-bond acceptors (Lipinski definition) is 8. The van der Waals surface area contributed by atoms with Crippen molar-refractivity contribution < 1.29 is 22.8 Å². The number of amides is 2. The van der Waals surface area contributed by atoms with E-state index in [2.05, 4.69) is 36.2 Å². The van der Waals surface area contributed by atoms with Gasteiger partial charge in [0.25, 0.3) is 11.7 Å².